The third kappa shape index (κ3) is 6.94. The fraction of sp³-hybridized carbons (Fsp3) is 0.545. The minimum atomic E-state index is -0.715. The van der Waals surface area contributed by atoms with Gasteiger partial charge in [0.2, 0.25) is 0 Å². The van der Waals surface area contributed by atoms with Crippen molar-refractivity contribution >= 4 is 6.21 Å². The molecular formula is C22H34N4O3. The van der Waals surface area contributed by atoms with E-state index < -0.39 is 12.2 Å². The summed E-state index contributed by atoms with van der Waals surface area (Å²) >= 11 is 0. The van der Waals surface area contributed by atoms with Crippen LogP contribution in [-0.2, 0) is 16.1 Å². The van der Waals surface area contributed by atoms with Gasteiger partial charge in [-0.3, -0.25) is 10.1 Å². The van der Waals surface area contributed by atoms with Gasteiger partial charge in [-0.2, -0.15) is 5.10 Å². The van der Waals surface area contributed by atoms with E-state index >= 15 is 0 Å². The van der Waals surface area contributed by atoms with Crippen LogP contribution >= 0.6 is 0 Å². The van der Waals surface area contributed by atoms with E-state index in [1.54, 1.807) is 0 Å². The van der Waals surface area contributed by atoms with Gasteiger partial charge in [0.1, 0.15) is 12.2 Å². The van der Waals surface area contributed by atoms with Gasteiger partial charge in [0.25, 0.3) is 0 Å². The minimum Gasteiger partial charge on any atom is -0.388 e. The zero-order chi connectivity index (χ0) is 21.8. The predicted octanol–water partition coefficient (Wildman–Crippen LogP) is 3.04. The number of H-pyrrole nitrogens is 1. The van der Waals surface area contributed by atoms with E-state index in [0.29, 0.717) is 18.9 Å². The Kier molecular flexibility index (Phi) is 11.2. The molecule has 1 aromatic rings. The number of terminal acetylenes is 1. The molecule has 29 heavy (non-hydrogen) atoms. The lowest BCUT2D eigenvalue weighted by Crippen LogP contribution is -2.37. The number of aromatic nitrogens is 2. The van der Waals surface area contributed by atoms with E-state index in [1.807, 2.05) is 33.1 Å². The molecule has 1 aliphatic carbocycles. The van der Waals surface area contributed by atoms with E-state index in [-0.39, 0.29) is 12.1 Å². The van der Waals surface area contributed by atoms with Crippen LogP contribution in [0.2, 0.25) is 0 Å². The molecule has 4 unspecified atom stereocenters. The van der Waals surface area contributed by atoms with Gasteiger partial charge < -0.3 is 20.3 Å². The first-order valence-electron chi connectivity index (χ1n) is 9.93. The van der Waals surface area contributed by atoms with Gasteiger partial charge >= 0.3 is 0 Å². The summed E-state index contributed by atoms with van der Waals surface area (Å²) in [6, 6.07) is 1.47. The Balaban J connectivity index is 0.000000299. The Hall–Kier alpha value is -2.24. The number of allylic oxidation sites excluding steroid dienone is 3. The van der Waals surface area contributed by atoms with E-state index in [4.69, 9.17) is 15.2 Å². The quantitative estimate of drug-likeness (QED) is 0.501. The summed E-state index contributed by atoms with van der Waals surface area (Å²) in [4.78, 5) is 4.27. The number of nitrogens with one attached hydrogen (secondary N) is 1. The SMILES string of the molecule is C#C.CC=NC1=C(CC)C=CC1.CCOCc1cc(C2OC(C)C(N)C2O)n[nH]1. The zero-order valence-corrected chi connectivity index (χ0v) is 17.8. The normalized spacial score (nSPS) is 25.7. The van der Waals surface area contributed by atoms with Gasteiger partial charge in [-0.15, -0.1) is 12.8 Å². The third-order valence-corrected chi connectivity index (χ3v) is 4.68. The molecule has 7 heteroatoms. The molecule has 2 aliphatic rings. The molecular weight excluding hydrogens is 368 g/mol. The molecule has 0 spiro atoms. The molecule has 0 aromatic carbocycles. The maximum absolute atomic E-state index is 9.93. The topological polar surface area (TPSA) is 106 Å². The van der Waals surface area contributed by atoms with Crippen molar-refractivity contribution in [3.63, 3.8) is 0 Å². The van der Waals surface area contributed by atoms with Gasteiger partial charge in [-0.1, -0.05) is 19.1 Å². The van der Waals surface area contributed by atoms with E-state index in [1.165, 1.54) is 11.3 Å². The van der Waals surface area contributed by atoms with Crippen LogP contribution in [0.25, 0.3) is 0 Å². The fourth-order valence-electron chi connectivity index (χ4n) is 3.09. The van der Waals surface area contributed by atoms with Crippen LogP contribution in [0.1, 0.15) is 58.0 Å². The molecule has 4 atom stereocenters. The number of rotatable bonds is 6. The van der Waals surface area contributed by atoms with Crippen molar-refractivity contribution in [2.75, 3.05) is 6.61 Å². The summed E-state index contributed by atoms with van der Waals surface area (Å²) in [5.74, 6) is 0. The van der Waals surface area contributed by atoms with Crippen molar-refractivity contribution in [2.45, 2.75) is 71.5 Å². The Morgan fingerprint density at radius 2 is 2.17 bits per heavy atom. The van der Waals surface area contributed by atoms with Gasteiger partial charge in [0.05, 0.1) is 30.1 Å². The maximum Gasteiger partial charge on any atom is 0.129 e. The van der Waals surface area contributed by atoms with Crippen molar-refractivity contribution < 1.29 is 14.6 Å². The zero-order valence-electron chi connectivity index (χ0n) is 17.8. The molecule has 1 aliphatic heterocycles. The van der Waals surface area contributed by atoms with E-state index in [2.05, 4.69) is 47.1 Å². The van der Waals surface area contributed by atoms with Gasteiger partial charge in [0, 0.05) is 24.9 Å². The average molecular weight is 403 g/mol. The van der Waals surface area contributed by atoms with E-state index in [0.717, 1.165) is 18.5 Å². The lowest BCUT2D eigenvalue weighted by Gasteiger charge is -2.12. The van der Waals surface area contributed by atoms with Crippen molar-refractivity contribution in [3.05, 3.63) is 40.9 Å². The van der Waals surface area contributed by atoms with Crippen LogP contribution < -0.4 is 5.73 Å². The van der Waals surface area contributed by atoms with Gasteiger partial charge in [-0.05, 0) is 38.8 Å². The second-order valence-corrected chi connectivity index (χ2v) is 6.60. The highest BCUT2D eigenvalue weighted by atomic mass is 16.5. The molecule has 1 saturated heterocycles. The molecule has 7 nitrogen and oxygen atoms in total. The number of ether oxygens (including phenoxy) is 2. The highest BCUT2D eigenvalue weighted by molar-refractivity contribution is 5.56. The van der Waals surface area contributed by atoms with Crippen LogP contribution in [0.5, 0.6) is 0 Å². The Bertz CT molecular complexity index is 721. The van der Waals surface area contributed by atoms with Crippen LogP contribution in [0.3, 0.4) is 0 Å². The summed E-state index contributed by atoms with van der Waals surface area (Å²) in [5, 5.41) is 16.9. The Morgan fingerprint density at radius 3 is 2.72 bits per heavy atom. The summed E-state index contributed by atoms with van der Waals surface area (Å²) < 4.78 is 10.9. The number of aliphatic imine (C=N–C) groups is 1. The van der Waals surface area contributed by atoms with Crippen LogP contribution in [0.4, 0.5) is 0 Å². The number of hydrogen-bond acceptors (Lipinski definition) is 6. The minimum absolute atomic E-state index is 0.165. The standard InChI is InChI=1S/C11H19N3O3.C9H13N.C2H2/c1-3-16-5-7-4-8(14-13-7)11-10(15)9(12)6(2)17-11;1-3-8-6-5-7-9(8)10-4-2;1-2/h4,6,9-11,15H,3,5,12H2,1-2H3,(H,13,14);4-6H,3,7H2,1-2H3;1-2H. The molecule has 4 N–H and O–H groups in total. The molecule has 160 valence electrons. The summed E-state index contributed by atoms with van der Waals surface area (Å²) in [6.45, 7) is 9.03. The second kappa shape index (κ2) is 13.1. The number of hydrogen-bond donors (Lipinski definition) is 3. The summed E-state index contributed by atoms with van der Waals surface area (Å²) in [6.07, 6.45) is 15.0. The van der Waals surface area contributed by atoms with Gasteiger partial charge in [-0.25, -0.2) is 0 Å². The smallest absolute Gasteiger partial charge is 0.129 e. The maximum atomic E-state index is 9.93. The highest BCUT2D eigenvalue weighted by Crippen LogP contribution is 2.31. The molecule has 3 rings (SSSR count). The highest BCUT2D eigenvalue weighted by Gasteiger charge is 2.41. The first-order chi connectivity index (χ1) is 14.0. The molecule has 1 aromatic heterocycles. The average Bonchev–Trinajstić information content (AvgIpc) is 3.45. The largest absolute Gasteiger partial charge is 0.388 e. The van der Waals surface area contributed by atoms with Crippen LogP contribution in [-0.4, -0.2) is 46.4 Å². The Morgan fingerprint density at radius 1 is 1.45 bits per heavy atom. The van der Waals surface area contributed by atoms with E-state index in [9.17, 15) is 5.11 Å². The molecule has 0 radical (unpaired) electrons. The summed E-state index contributed by atoms with van der Waals surface area (Å²) in [5.41, 5.74) is 9.97. The van der Waals surface area contributed by atoms with Crippen LogP contribution in [0, 0.1) is 12.8 Å². The molecule has 2 heterocycles. The molecule has 1 fully saturated rings. The number of aromatic amines is 1. The lowest BCUT2D eigenvalue weighted by molar-refractivity contribution is 0.0125. The first kappa shape index (κ1) is 24.8. The third-order valence-electron chi connectivity index (χ3n) is 4.68. The number of nitrogens with two attached hydrogens (primary N) is 1. The monoisotopic (exact) mass is 402 g/mol. The Labute approximate surface area is 174 Å². The molecule has 0 bridgehead atoms. The fourth-order valence-corrected chi connectivity index (χ4v) is 3.09. The number of nitrogens with zero attached hydrogens (tertiary/aromatic N) is 2. The van der Waals surface area contributed by atoms with Crippen molar-refractivity contribution in [3.8, 4) is 12.8 Å². The second-order valence-electron chi connectivity index (χ2n) is 6.60. The predicted molar refractivity (Wildman–Crippen MR) is 116 cm³/mol. The van der Waals surface area contributed by atoms with Crippen molar-refractivity contribution in [1.82, 2.24) is 10.2 Å². The molecule has 0 saturated carbocycles. The molecule has 0 amide bonds. The van der Waals surface area contributed by atoms with Crippen molar-refractivity contribution in [2.24, 2.45) is 10.7 Å². The van der Waals surface area contributed by atoms with Gasteiger partial charge in [0.15, 0.2) is 0 Å². The van der Waals surface area contributed by atoms with Crippen molar-refractivity contribution in [1.29, 1.82) is 0 Å². The number of aliphatic hydroxyl groups excluding tert-OH is 1. The van der Waals surface area contributed by atoms with Crippen LogP contribution in [0.15, 0.2) is 34.5 Å². The first-order valence-corrected chi connectivity index (χ1v) is 9.93. The summed E-state index contributed by atoms with van der Waals surface area (Å²) in [7, 11) is 0. The number of aliphatic hydroxyl groups is 1. The lowest BCUT2D eigenvalue weighted by atomic mass is 10.0.